The minimum Gasteiger partial charge on any atom is -0.395 e. The highest BCUT2D eigenvalue weighted by atomic mass is 32.2. The van der Waals surface area contributed by atoms with Crippen molar-refractivity contribution in [3.8, 4) is 11.1 Å². The number of amides is 3. The number of thioether (sulfide) groups is 1. The molecule has 0 bridgehead atoms. The number of urea groups is 1. The van der Waals surface area contributed by atoms with Gasteiger partial charge in [-0.15, -0.1) is 11.8 Å². The third-order valence-electron chi connectivity index (χ3n) is 8.09. The molecule has 2 aliphatic rings. The summed E-state index contributed by atoms with van der Waals surface area (Å²) in [5.41, 5.74) is 1.18. The van der Waals surface area contributed by atoms with Gasteiger partial charge in [0.2, 0.25) is 5.43 Å². The fourth-order valence-corrected chi connectivity index (χ4v) is 6.66. The molecule has 2 aliphatic heterocycles. The molecule has 0 aliphatic carbocycles. The maximum Gasteiger partial charge on any atom is 0.411 e. The standard InChI is InChI=1S/C32H37F3N6O5S/c1-2-8-37-31(45)40-27-15-21(30-39-26(18-47-30)32(33,34)35)23(16-38-27)20-3-4-25-22(14-20)28(43)24(29(44)36-9-11-42)17-41(25)10-5-19-6-12-46-13-7-19/h3-4,14-17,19,26,42H,2,5-13,18H2,1H3,(H,36,44)(H2,37,38,40,45). The molecule has 252 valence electrons. The van der Waals surface area contributed by atoms with E-state index in [-0.39, 0.29) is 40.7 Å². The van der Waals surface area contributed by atoms with Gasteiger partial charge in [0.25, 0.3) is 5.91 Å². The van der Waals surface area contributed by atoms with Crippen LogP contribution in [-0.2, 0) is 11.3 Å². The highest BCUT2D eigenvalue weighted by Crippen LogP contribution is 2.37. The number of pyridine rings is 2. The van der Waals surface area contributed by atoms with E-state index in [1.807, 2.05) is 11.5 Å². The molecule has 1 fully saturated rings. The molecular weight excluding hydrogens is 637 g/mol. The van der Waals surface area contributed by atoms with Crippen molar-refractivity contribution in [3.63, 3.8) is 0 Å². The van der Waals surface area contributed by atoms with Crippen LogP contribution in [0.1, 0.15) is 48.5 Å². The molecule has 47 heavy (non-hydrogen) atoms. The molecule has 11 nitrogen and oxygen atoms in total. The van der Waals surface area contributed by atoms with Crippen LogP contribution in [0.25, 0.3) is 22.0 Å². The first-order chi connectivity index (χ1) is 22.6. The molecule has 4 heterocycles. The fourth-order valence-electron chi connectivity index (χ4n) is 5.55. The number of anilines is 1. The summed E-state index contributed by atoms with van der Waals surface area (Å²) < 4.78 is 48.1. The number of aliphatic hydroxyl groups is 1. The molecule has 5 rings (SSSR count). The second kappa shape index (κ2) is 15.3. The minimum atomic E-state index is -4.52. The number of alkyl halides is 3. The van der Waals surface area contributed by atoms with Gasteiger partial charge in [0.1, 0.15) is 11.4 Å². The van der Waals surface area contributed by atoms with Crippen LogP contribution in [-0.4, -0.2) is 82.5 Å². The first kappa shape index (κ1) is 34.4. The van der Waals surface area contributed by atoms with Crippen molar-refractivity contribution in [2.45, 2.75) is 51.4 Å². The highest BCUT2D eigenvalue weighted by Gasteiger charge is 2.43. The van der Waals surface area contributed by atoms with Crippen molar-refractivity contribution in [3.05, 3.63) is 58.0 Å². The Morgan fingerprint density at radius 3 is 2.62 bits per heavy atom. The van der Waals surface area contributed by atoms with Crippen molar-refractivity contribution in [1.82, 2.24) is 20.2 Å². The van der Waals surface area contributed by atoms with Crippen LogP contribution in [0.5, 0.6) is 0 Å². The summed E-state index contributed by atoms with van der Waals surface area (Å²) in [6.07, 6.45) is 1.81. The topological polar surface area (TPSA) is 147 Å². The Morgan fingerprint density at radius 2 is 1.91 bits per heavy atom. The molecule has 1 aromatic carbocycles. The molecule has 0 radical (unpaired) electrons. The van der Waals surface area contributed by atoms with Gasteiger partial charge in [-0.25, -0.2) is 9.78 Å². The lowest BCUT2D eigenvalue weighted by molar-refractivity contribution is -0.141. The highest BCUT2D eigenvalue weighted by molar-refractivity contribution is 8.14. The largest absolute Gasteiger partial charge is 0.411 e. The Hall–Kier alpha value is -3.95. The Kier molecular flexibility index (Phi) is 11.2. The number of rotatable bonds is 11. The summed E-state index contributed by atoms with van der Waals surface area (Å²) in [5.74, 6) is -0.359. The number of aliphatic hydroxyl groups excluding tert-OH is 1. The summed E-state index contributed by atoms with van der Waals surface area (Å²) in [5, 5.41) is 17.4. The summed E-state index contributed by atoms with van der Waals surface area (Å²) in [4.78, 5) is 47.4. The molecule has 2 aromatic heterocycles. The van der Waals surface area contributed by atoms with E-state index < -0.39 is 29.6 Å². The van der Waals surface area contributed by atoms with Gasteiger partial charge in [-0.1, -0.05) is 13.0 Å². The quantitative estimate of drug-likeness (QED) is 0.233. The molecule has 4 N–H and O–H groups in total. The number of carbonyl (C=O) groups excluding carboxylic acids is 2. The van der Waals surface area contributed by atoms with Crippen molar-refractivity contribution in [2.24, 2.45) is 10.9 Å². The average molecular weight is 675 g/mol. The number of halogens is 3. The Bertz CT molecular complexity index is 1710. The van der Waals surface area contributed by atoms with Crippen molar-refractivity contribution < 1.29 is 32.6 Å². The number of aromatic nitrogens is 2. The zero-order chi connectivity index (χ0) is 33.6. The minimum absolute atomic E-state index is 0.0248. The number of aliphatic imine (C=N–C) groups is 1. The van der Waals surface area contributed by atoms with E-state index in [1.54, 1.807) is 18.2 Å². The first-order valence-corrected chi connectivity index (χ1v) is 16.5. The van der Waals surface area contributed by atoms with Crippen LogP contribution in [0.3, 0.4) is 0 Å². The Balaban J connectivity index is 1.59. The number of carbonyl (C=O) groups is 2. The smallest absolute Gasteiger partial charge is 0.395 e. The molecule has 1 unspecified atom stereocenters. The molecular formula is C32H37F3N6O5S. The van der Waals surface area contributed by atoms with Crippen LogP contribution in [0.2, 0.25) is 0 Å². The van der Waals surface area contributed by atoms with E-state index >= 15 is 0 Å². The summed E-state index contributed by atoms with van der Waals surface area (Å²) in [7, 11) is 0. The number of nitrogens with one attached hydrogen (secondary N) is 3. The van der Waals surface area contributed by atoms with E-state index in [1.165, 1.54) is 18.5 Å². The van der Waals surface area contributed by atoms with Gasteiger partial charge in [0.05, 0.1) is 17.2 Å². The number of ether oxygens (including phenoxy) is 1. The van der Waals surface area contributed by atoms with E-state index in [0.717, 1.165) is 31.0 Å². The average Bonchev–Trinajstić information content (AvgIpc) is 3.58. The molecule has 1 atom stereocenters. The number of fused-ring (bicyclic) bond motifs is 1. The van der Waals surface area contributed by atoms with Crippen LogP contribution in [0.4, 0.5) is 23.8 Å². The number of aryl methyl sites for hydroxylation is 1. The van der Waals surface area contributed by atoms with Gasteiger partial charge in [-0.2, -0.15) is 13.2 Å². The van der Waals surface area contributed by atoms with Crippen LogP contribution < -0.4 is 21.4 Å². The molecule has 3 amide bonds. The van der Waals surface area contributed by atoms with Crippen LogP contribution in [0.15, 0.2) is 46.4 Å². The van der Waals surface area contributed by atoms with Gasteiger partial charge in [0.15, 0.2) is 6.04 Å². The maximum atomic E-state index is 13.8. The number of hydrogen-bond acceptors (Lipinski definition) is 8. The second-order valence-electron chi connectivity index (χ2n) is 11.4. The van der Waals surface area contributed by atoms with Gasteiger partial charge < -0.3 is 25.0 Å². The molecule has 3 aromatic rings. The normalized spacial score (nSPS) is 17.0. The lowest BCUT2D eigenvalue weighted by Crippen LogP contribution is -2.32. The van der Waals surface area contributed by atoms with Crippen molar-refractivity contribution in [2.75, 3.05) is 44.0 Å². The zero-order valence-corrected chi connectivity index (χ0v) is 26.7. The monoisotopic (exact) mass is 674 g/mol. The molecule has 15 heteroatoms. The van der Waals surface area contributed by atoms with E-state index in [0.29, 0.717) is 60.8 Å². The molecule has 0 spiro atoms. The maximum absolute atomic E-state index is 13.8. The summed E-state index contributed by atoms with van der Waals surface area (Å²) >= 11 is 0.950. The van der Waals surface area contributed by atoms with Gasteiger partial charge in [-0.3, -0.25) is 19.9 Å². The lowest BCUT2D eigenvalue weighted by atomic mass is 9.96. The summed E-state index contributed by atoms with van der Waals surface area (Å²) in [6.45, 7) is 3.93. The predicted octanol–water partition coefficient (Wildman–Crippen LogP) is 4.56. The lowest BCUT2D eigenvalue weighted by Gasteiger charge is -2.23. The number of nitrogens with zero attached hydrogens (tertiary/aromatic N) is 3. The molecule has 1 saturated heterocycles. The van der Waals surface area contributed by atoms with E-state index in [4.69, 9.17) is 4.74 Å². The summed E-state index contributed by atoms with van der Waals surface area (Å²) in [6, 6.07) is 4.19. The SMILES string of the molecule is CCCNC(=O)Nc1cc(C2=NC(C(F)(F)F)CS2)c(-c2ccc3c(c2)c(=O)c(C(=O)NCCO)cn3CCC2CCOCC2)cn1. The fraction of sp³-hybridized carbons (Fsp3) is 0.469. The van der Waals surface area contributed by atoms with Gasteiger partial charge in [-0.05, 0) is 55.4 Å². The van der Waals surface area contributed by atoms with Gasteiger partial charge in [0, 0.05) is 67.5 Å². The van der Waals surface area contributed by atoms with E-state index in [2.05, 4.69) is 25.9 Å². The number of benzene rings is 1. The number of hydrogen-bond donors (Lipinski definition) is 4. The second-order valence-corrected chi connectivity index (χ2v) is 12.4. The van der Waals surface area contributed by atoms with Gasteiger partial charge >= 0.3 is 12.2 Å². The Labute approximate surface area is 273 Å². The third-order valence-corrected chi connectivity index (χ3v) is 9.17. The molecule has 0 saturated carbocycles. The van der Waals surface area contributed by atoms with Crippen LogP contribution in [0, 0.1) is 5.92 Å². The predicted molar refractivity (Wildman–Crippen MR) is 175 cm³/mol. The Morgan fingerprint density at radius 1 is 1.13 bits per heavy atom. The third kappa shape index (κ3) is 8.32. The van der Waals surface area contributed by atoms with E-state index in [9.17, 15) is 32.7 Å². The van der Waals surface area contributed by atoms with Crippen molar-refractivity contribution >= 4 is 45.5 Å². The van der Waals surface area contributed by atoms with Crippen molar-refractivity contribution in [1.29, 1.82) is 0 Å². The first-order valence-electron chi connectivity index (χ1n) is 15.6. The van der Waals surface area contributed by atoms with Crippen LogP contribution >= 0.6 is 11.8 Å². The zero-order valence-electron chi connectivity index (χ0n) is 25.9.